The van der Waals surface area contributed by atoms with Gasteiger partial charge in [0.05, 0.1) is 20.2 Å². The molecule has 0 bridgehead atoms. The molecule has 0 radical (unpaired) electrons. The fraction of sp³-hybridized carbons (Fsp3) is 0.750. The average molecular weight is 256 g/mol. The molecular formula is C12H20N2O4. The second kappa shape index (κ2) is 6.98. The summed E-state index contributed by atoms with van der Waals surface area (Å²) in [6, 6.07) is 0. The summed E-state index contributed by atoms with van der Waals surface area (Å²) in [5.41, 5.74) is 0. The molecule has 1 rings (SSSR count). The lowest BCUT2D eigenvalue weighted by Gasteiger charge is -2.33. The number of amides is 2. The molecular weight excluding hydrogens is 236 g/mol. The lowest BCUT2D eigenvalue weighted by atomic mass is 10.2. The summed E-state index contributed by atoms with van der Waals surface area (Å²) in [5.74, 6) is -0.360. The van der Waals surface area contributed by atoms with Crippen molar-refractivity contribution in [1.29, 1.82) is 0 Å². The normalized spacial score (nSPS) is 16.1. The number of rotatable bonds is 6. The molecule has 0 aromatic carbocycles. The van der Waals surface area contributed by atoms with Gasteiger partial charge in [-0.05, 0) is 12.8 Å². The molecule has 0 saturated carbocycles. The first kappa shape index (κ1) is 14.5. The highest BCUT2D eigenvalue weighted by molar-refractivity contribution is 5.92. The van der Waals surface area contributed by atoms with E-state index >= 15 is 0 Å². The number of nitrogens with zero attached hydrogens (tertiary/aromatic N) is 2. The van der Waals surface area contributed by atoms with Crippen LogP contribution in [0.3, 0.4) is 0 Å². The van der Waals surface area contributed by atoms with Crippen LogP contribution in [0.4, 0.5) is 0 Å². The number of carbonyl (C=O) groups excluding carboxylic acids is 3. The van der Waals surface area contributed by atoms with Crippen molar-refractivity contribution in [1.82, 2.24) is 9.80 Å². The Bertz CT molecular complexity index is 330. The number of piperazine rings is 1. The molecule has 0 aromatic heterocycles. The third kappa shape index (κ3) is 4.01. The van der Waals surface area contributed by atoms with E-state index in [1.165, 1.54) is 12.0 Å². The number of hydrogen-bond donors (Lipinski definition) is 0. The standard InChI is InChI=1S/C12H20N2O4/c1-3-6-13-8-11(16)14(9-10(13)15)7-4-5-12(17)18-2/h3-9H2,1-2H3. The molecule has 1 aliphatic heterocycles. The lowest BCUT2D eigenvalue weighted by Crippen LogP contribution is -2.54. The van der Waals surface area contributed by atoms with Gasteiger partial charge in [-0.3, -0.25) is 14.4 Å². The second-order valence-corrected chi connectivity index (χ2v) is 4.31. The molecule has 0 atom stereocenters. The maximum atomic E-state index is 11.8. The van der Waals surface area contributed by atoms with Crippen molar-refractivity contribution in [2.45, 2.75) is 26.2 Å². The number of ether oxygens (including phenoxy) is 1. The van der Waals surface area contributed by atoms with Gasteiger partial charge in [0.25, 0.3) is 0 Å². The minimum Gasteiger partial charge on any atom is -0.469 e. The van der Waals surface area contributed by atoms with Gasteiger partial charge in [0.15, 0.2) is 0 Å². The average Bonchev–Trinajstić information content (AvgIpc) is 2.35. The minimum absolute atomic E-state index is 0.0190. The van der Waals surface area contributed by atoms with E-state index in [0.717, 1.165) is 6.42 Å². The quantitative estimate of drug-likeness (QED) is 0.628. The molecule has 6 heteroatoms. The van der Waals surface area contributed by atoms with Gasteiger partial charge < -0.3 is 14.5 Å². The van der Waals surface area contributed by atoms with E-state index in [1.807, 2.05) is 6.92 Å². The molecule has 0 aromatic rings. The zero-order chi connectivity index (χ0) is 13.5. The summed E-state index contributed by atoms with van der Waals surface area (Å²) in [5, 5.41) is 0. The summed E-state index contributed by atoms with van der Waals surface area (Å²) in [7, 11) is 1.33. The fourth-order valence-electron chi connectivity index (χ4n) is 1.90. The van der Waals surface area contributed by atoms with Crippen LogP contribution in [0.5, 0.6) is 0 Å². The molecule has 102 valence electrons. The van der Waals surface area contributed by atoms with Gasteiger partial charge in [-0.1, -0.05) is 6.92 Å². The molecule has 1 aliphatic rings. The molecule has 1 heterocycles. The smallest absolute Gasteiger partial charge is 0.305 e. The van der Waals surface area contributed by atoms with Crippen LogP contribution < -0.4 is 0 Å². The van der Waals surface area contributed by atoms with E-state index in [-0.39, 0.29) is 37.3 Å². The lowest BCUT2D eigenvalue weighted by molar-refractivity contribution is -0.150. The Labute approximate surface area is 107 Å². The maximum absolute atomic E-state index is 11.8. The number of carbonyl (C=O) groups is 3. The Balaban J connectivity index is 2.38. The summed E-state index contributed by atoms with van der Waals surface area (Å²) in [4.78, 5) is 37.5. The van der Waals surface area contributed by atoms with Crippen molar-refractivity contribution in [3.05, 3.63) is 0 Å². The Kier molecular flexibility index (Phi) is 5.61. The van der Waals surface area contributed by atoms with Gasteiger partial charge in [-0.15, -0.1) is 0 Å². The van der Waals surface area contributed by atoms with Crippen LogP contribution in [0.25, 0.3) is 0 Å². The van der Waals surface area contributed by atoms with Crippen molar-refractivity contribution in [2.75, 3.05) is 33.3 Å². The summed E-state index contributed by atoms with van der Waals surface area (Å²) < 4.78 is 4.52. The summed E-state index contributed by atoms with van der Waals surface area (Å²) >= 11 is 0. The van der Waals surface area contributed by atoms with Gasteiger partial charge in [0, 0.05) is 19.5 Å². The molecule has 18 heavy (non-hydrogen) atoms. The highest BCUT2D eigenvalue weighted by Gasteiger charge is 2.28. The SMILES string of the molecule is CCCN1CC(=O)N(CCCC(=O)OC)CC1=O. The van der Waals surface area contributed by atoms with Crippen molar-refractivity contribution in [3.63, 3.8) is 0 Å². The third-order valence-corrected chi connectivity index (χ3v) is 2.89. The van der Waals surface area contributed by atoms with Crippen molar-refractivity contribution in [3.8, 4) is 0 Å². The number of esters is 1. The number of hydrogen-bond acceptors (Lipinski definition) is 4. The van der Waals surface area contributed by atoms with E-state index in [9.17, 15) is 14.4 Å². The molecule has 0 unspecified atom stereocenters. The Morgan fingerprint density at radius 1 is 1.17 bits per heavy atom. The van der Waals surface area contributed by atoms with Crippen molar-refractivity contribution >= 4 is 17.8 Å². The highest BCUT2D eigenvalue weighted by Crippen LogP contribution is 2.07. The van der Waals surface area contributed by atoms with Crippen LogP contribution >= 0.6 is 0 Å². The van der Waals surface area contributed by atoms with Gasteiger partial charge in [0.2, 0.25) is 11.8 Å². The van der Waals surface area contributed by atoms with Gasteiger partial charge in [-0.25, -0.2) is 0 Å². The van der Waals surface area contributed by atoms with E-state index in [4.69, 9.17) is 0 Å². The molecule has 0 N–H and O–H groups in total. The van der Waals surface area contributed by atoms with Crippen LogP contribution in [0, 0.1) is 0 Å². The van der Waals surface area contributed by atoms with Crippen LogP contribution in [0.15, 0.2) is 0 Å². The maximum Gasteiger partial charge on any atom is 0.305 e. The molecule has 1 saturated heterocycles. The largest absolute Gasteiger partial charge is 0.469 e. The topological polar surface area (TPSA) is 66.9 Å². The van der Waals surface area contributed by atoms with Gasteiger partial charge in [0.1, 0.15) is 0 Å². The van der Waals surface area contributed by atoms with E-state index in [2.05, 4.69) is 4.74 Å². The van der Waals surface area contributed by atoms with Crippen LogP contribution in [0.1, 0.15) is 26.2 Å². The first-order valence-electron chi connectivity index (χ1n) is 6.20. The van der Waals surface area contributed by atoms with E-state index in [1.54, 1.807) is 4.90 Å². The van der Waals surface area contributed by atoms with Crippen LogP contribution in [-0.2, 0) is 19.1 Å². The molecule has 0 aliphatic carbocycles. The fourth-order valence-corrected chi connectivity index (χ4v) is 1.90. The Hall–Kier alpha value is -1.59. The van der Waals surface area contributed by atoms with Crippen LogP contribution in [-0.4, -0.2) is 60.9 Å². The predicted octanol–water partition coefficient (Wildman–Crippen LogP) is 0.0204. The molecule has 6 nitrogen and oxygen atoms in total. The highest BCUT2D eigenvalue weighted by atomic mass is 16.5. The summed E-state index contributed by atoms with van der Waals surface area (Å²) in [6.07, 6.45) is 1.65. The number of methoxy groups -OCH3 is 1. The zero-order valence-electron chi connectivity index (χ0n) is 11.0. The monoisotopic (exact) mass is 256 g/mol. The minimum atomic E-state index is -0.293. The van der Waals surface area contributed by atoms with E-state index in [0.29, 0.717) is 19.5 Å². The van der Waals surface area contributed by atoms with Gasteiger partial charge in [-0.2, -0.15) is 0 Å². The first-order valence-corrected chi connectivity index (χ1v) is 6.20. The van der Waals surface area contributed by atoms with Crippen molar-refractivity contribution < 1.29 is 19.1 Å². The molecule has 0 spiro atoms. The van der Waals surface area contributed by atoms with E-state index < -0.39 is 0 Å². The third-order valence-electron chi connectivity index (χ3n) is 2.89. The predicted molar refractivity (Wildman–Crippen MR) is 64.7 cm³/mol. The molecule has 1 fully saturated rings. The first-order chi connectivity index (χ1) is 8.58. The van der Waals surface area contributed by atoms with Crippen LogP contribution in [0.2, 0.25) is 0 Å². The Morgan fingerprint density at radius 3 is 2.22 bits per heavy atom. The summed E-state index contributed by atoms with van der Waals surface area (Å²) in [6.45, 7) is 3.31. The van der Waals surface area contributed by atoms with Crippen molar-refractivity contribution in [2.24, 2.45) is 0 Å². The Morgan fingerprint density at radius 2 is 1.72 bits per heavy atom. The second-order valence-electron chi connectivity index (χ2n) is 4.31. The van der Waals surface area contributed by atoms with Gasteiger partial charge >= 0.3 is 5.97 Å². The molecule has 2 amide bonds. The zero-order valence-corrected chi connectivity index (χ0v) is 11.0.